The Balaban J connectivity index is 3.84. The number of carbonyl (C=O) groups excluding carboxylic acids is 2. The molecule has 6 heteroatoms. The first-order valence-corrected chi connectivity index (χ1v) is 4.15. The summed E-state index contributed by atoms with van der Waals surface area (Å²) in [5.74, 6) is 0. The molecule has 1 unspecified atom stereocenters. The van der Waals surface area contributed by atoms with E-state index in [-0.39, 0.29) is 13.2 Å². The lowest BCUT2D eigenvalue weighted by Crippen LogP contribution is -2.31. The molecule has 0 aromatic rings. The second-order valence-electron chi connectivity index (χ2n) is 2.49. The molecule has 0 bridgehead atoms. The van der Waals surface area contributed by atoms with Crippen molar-refractivity contribution in [3.63, 3.8) is 0 Å². The maximum atomic E-state index is 9.83. The molecule has 0 aromatic carbocycles. The minimum atomic E-state index is -0.679. The molecule has 0 aliphatic heterocycles. The molecule has 0 aliphatic carbocycles. The van der Waals surface area contributed by atoms with Crippen molar-refractivity contribution in [2.45, 2.75) is 12.1 Å². The smallest absolute Gasteiger partial charge is 0.293 e. The highest BCUT2D eigenvalue weighted by atomic mass is 31.1. The highest BCUT2D eigenvalue weighted by Crippen LogP contribution is 2.28. The maximum absolute atomic E-state index is 9.83. The summed E-state index contributed by atoms with van der Waals surface area (Å²) in [6.45, 7) is 2.32. The lowest BCUT2D eigenvalue weighted by molar-refractivity contribution is -0.132. The highest BCUT2D eigenvalue weighted by molar-refractivity contribution is 7.33. The first-order valence-electron chi connectivity index (χ1n) is 3.20. The summed E-state index contributed by atoms with van der Waals surface area (Å²) in [6.07, 6.45) is 0. The van der Waals surface area contributed by atoms with Crippen molar-refractivity contribution >= 4 is 21.8 Å². The van der Waals surface area contributed by atoms with Crippen molar-refractivity contribution in [3.8, 4) is 0 Å². The Kier molecular flexibility index (Phi) is 5.58. The van der Waals surface area contributed by atoms with Crippen LogP contribution in [-0.4, -0.2) is 36.2 Å². The largest absolute Gasteiger partial charge is 0.467 e. The average Bonchev–Trinajstić information content (AvgIpc) is 2.11. The van der Waals surface area contributed by atoms with Crippen LogP contribution >= 0.6 is 8.81 Å². The van der Waals surface area contributed by atoms with E-state index in [1.807, 2.05) is 0 Å². The van der Waals surface area contributed by atoms with Gasteiger partial charge in [-0.15, -0.1) is 0 Å². The SMILES string of the molecule is CC(COC=O)(COC=O)PO. The van der Waals surface area contributed by atoms with Gasteiger partial charge in [0.15, 0.2) is 0 Å². The van der Waals surface area contributed by atoms with Crippen LogP contribution in [0.25, 0.3) is 0 Å². The predicted molar refractivity (Wildman–Crippen MR) is 43.0 cm³/mol. The minimum absolute atomic E-state index is 0.0410. The van der Waals surface area contributed by atoms with Gasteiger partial charge in [-0.25, -0.2) is 0 Å². The Hall–Kier alpha value is -0.670. The van der Waals surface area contributed by atoms with Crippen molar-refractivity contribution in [1.29, 1.82) is 0 Å². The van der Waals surface area contributed by atoms with E-state index in [1.54, 1.807) is 6.92 Å². The third-order valence-corrected chi connectivity index (χ3v) is 2.04. The molecule has 0 spiro atoms. The maximum Gasteiger partial charge on any atom is 0.293 e. The van der Waals surface area contributed by atoms with Gasteiger partial charge in [0.25, 0.3) is 12.9 Å². The summed E-state index contributed by atoms with van der Waals surface area (Å²) in [7, 11) is -0.446. The Morgan fingerprint density at radius 3 is 2.00 bits per heavy atom. The van der Waals surface area contributed by atoms with E-state index in [0.717, 1.165) is 0 Å². The van der Waals surface area contributed by atoms with Crippen LogP contribution in [0.2, 0.25) is 0 Å². The van der Waals surface area contributed by atoms with Crippen molar-refractivity contribution in [2.75, 3.05) is 13.2 Å². The molecule has 0 radical (unpaired) electrons. The Morgan fingerprint density at radius 2 is 1.75 bits per heavy atom. The Labute approximate surface area is 71.9 Å². The van der Waals surface area contributed by atoms with Crippen LogP contribution in [0.1, 0.15) is 6.92 Å². The van der Waals surface area contributed by atoms with Crippen LogP contribution < -0.4 is 0 Å². The number of hydrogen-bond acceptors (Lipinski definition) is 5. The van der Waals surface area contributed by atoms with Gasteiger partial charge in [-0.2, -0.15) is 0 Å². The molecule has 0 rings (SSSR count). The molecule has 5 nitrogen and oxygen atoms in total. The lowest BCUT2D eigenvalue weighted by atomic mass is 10.2. The molecule has 0 amide bonds. The number of carbonyl (C=O) groups is 2. The van der Waals surface area contributed by atoms with E-state index >= 15 is 0 Å². The lowest BCUT2D eigenvalue weighted by Gasteiger charge is -2.23. The first-order chi connectivity index (χ1) is 5.68. The molecule has 0 aliphatic rings. The van der Waals surface area contributed by atoms with Gasteiger partial charge in [0.1, 0.15) is 13.2 Å². The summed E-state index contributed by atoms with van der Waals surface area (Å²) < 4.78 is 8.91. The van der Waals surface area contributed by atoms with E-state index in [0.29, 0.717) is 12.9 Å². The standard InChI is InChI=1S/C6H11O5P/c1-6(12-9,2-10-4-7)3-11-5-8/h4-5,9,12H,2-3H2,1H3. The summed E-state index contributed by atoms with van der Waals surface area (Å²) in [5, 5.41) is -0.679. The van der Waals surface area contributed by atoms with E-state index in [9.17, 15) is 9.59 Å². The Bertz CT molecular complexity index is 137. The predicted octanol–water partition coefficient (Wildman–Crippen LogP) is -0.323. The summed E-state index contributed by atoms with van der Waals surface area (Å²) >= 11 is 0. The number of ether oxygens (including phenoxy) is 2. The molecule has 70 valence electrons. The van der Waals surface area contributed by atoms with Gasteiger partial charge < -0.3 is 14.4 Å². The molecule has 0 fully saturated rings. The average molecular weight is 194 g/mol. The molecule has 0 heterocycles. The molecular weight excluding hydrogens is 183 g/mol. The molecule has 1 N–H and O–H groups in total. The number of hydrogen-bond donors (Lipinski definition) is 1. The second-order valence-corrected chi connectivity index (χ2v) is 3.92. The molecular formula is C6H11O5P. The van der Waals surface area contributed by atoms with Crippen molar-refractivity contribution in [1.82, 2.24) is 0 Å². The van der Waals surface area contributed by atoms with Crippen LogP contribution in [0.15, 0.2) is 0 Å². The van der Waals surface area contributed by atoms with Gasteiger partial charge in [-0.1, -0.05) is 0 Å². The number of rotatable bonds is 7. The molecule has 0 aromatic heterocycles. The zero-order chi connectivity index (χ0) is 9.45. The van der Waals surface area contributed by atoms with Gasteiger partial charge in [0, 0.05) is 8.81 Å². The van der Waals surface area contributed by atoms with Crippen LogP contribution in [-0.2, 0) is 19.1 Å². The second kappa shape index (κ2) is 5.91. The van der Waals surface area contributed by atoms with E-state index in [2.05, 4.69) is 9.47 Å². The summed E-state index contributed by atoms with van der Waals surface area (Å²) in [5.41, 5.74) is 0. The molecule has 1 atom stereocenters. The highest BCUT2D eigenvalue weighted by Gasteiger charge is 2.25. The minimum Gasteiger partial charge on any atom is -0.467 e. The summed E-state index contributed by atoms with van der Waals surface area (Å²) in [6, 6.07) is 0. The van der Waals surface area contributed by atoms with E-state index in [1.165, 1.54) is 0 Å². The molecule has 0 saturated carbocycles. The topological polar surface area (TPSA) is 72.8 Å². The van der Waals surface area contributed by atoms with Crippen LogP contribution in [0.4, 0.5) is 0 Å². The monoisotopic (exact) mass is 194 g/mol. The Morgan fingerprint density at radius 1 is 1.33 bits per heavy atom. The molecule has 12 heavy (non-hydrogen) atoms. The zero-order valence-electron chi connectivity index (χ0n) is 6.65. The van der Waals surface area contributed by atoms with Crippen LogP contribution in [0.3, 0.4) is 0 Å². The summed E-state index contributed by atoms with van der Waals surface area (Å²) in [4.78, 5) is 28.5. The normalized spacial score (nSPS) is 11.5. The van der Waals surface area contributed by atoms with Crippen LogP contribution in [0.5, 0.6) is 0 Å². The quantitative estimate of drug-likeness (QED) is 0.444. The molecule has 0 saturated heterocycles. The fraction of sp³-hybridized carbons (Fsp3) is 0.667. The van der Waals surface area contributed by atoms with Gasteiger partial charge >= 0.3 is 0 Å². The third kappa shape index (κ3) is 4.26. The zero-order valence-corrected chi connectivity index (χ0v) is 7.65. The third-order valence-electron chi connectivity index (χ3n) is 1.21. The van der Waals surface area contributed by atoms with Gasteiger partial charge in [0.05, 0.1) is 5.16 Å². The van der Waals surface area contributed by atoms with E-state index in [4.69, 9.17) is 4.89 Å². The fourth-order valence-corrected chi connectivity index (χ4v) is 0.838. The van der Waals surface area contributed by atoms with Gasteiger partial charge in [-0.05, 0) is 6.92 Å². The fourth-order valence-electron chi connectivity index (χ4n) is 0.542. The van der Waals surface area contributed by atoms with Crippen molar-refractivity contribution in [3.05, 3.63) is 0 Å². The van der Waals surface area contributed by atoms with Crippen molar-refractivity contribution < 1.29 is 24.0 Å². The first kappa shape index (κ1) is 11.3. The van der Waals surface area contributed by atoms with Crippen LogP contribution in [0, 0.1) is 0 Å². The van der Waals surface area contributed by atoms with Gasteiger partial charge in [0.2, 0.25) is 0 Å². The van der Waals surface area contributed by atoms with Crippen molar-refractivity contribution in [2.24, 2.45) is 0 Å². The van der Waals surface area contributed by atoms with E-state index < -0.39 is 14.0 Å². The van der Waals surface area contributed by atoms with Gasteiger partial charge in [-0.3, -0.25) is 9.59 Å².